The van der Waals surface area contributed by atoms with Crippen LogP contribution >= 0.6 is 0 Å². The van der Waals surface area contributed by atoms with Crippen molar-refractivity contribution in [2.24, 2.45) is 5.92 Å². The number of aromatic nitrogens is 1. The third-order valence-electron chi connectivity index (χ3n) is 1.61. The fourth-order valence-corrected chi connectivity index (χ4v) is 0.870. The first-order chi connectivity index (χ1) is 6.33. The zero-order valence-electron chi connectivity index (χ0n) is 7.60. The molecule has 0 aliphatic rings. The first kappa shape index (κ1) is 9.69. The van der Waals surface area contributed by atoms with Crippen LogP contribution in [0.25, 0.3) is 0 Å². The van der Waals surface area contributed by atoms with Crippen LogP contribution < -0.4 is 0 Å². The molecule has 1 aromatic heterocycles. The predicted octanol–water partition coefficient (Wildman–Crippen LogP) is 1.76. The molecule has 1 unspecified atom stereocenters. The van der Waals surface area contributed by atoms with Gasteiger partial charge in [-0.05, 0) is 24.6 Å². The van der Waals surface area contributed by atoms with Crippen molar-refractivity contribution in [3.63, 3.8) is 0 Å². The predicted molar refractivity (Wildman–Crippen MR) is 48.7 cm³/mol. The maximum Gasteiger partial charge on any atom is 0.0718 e. The fraction of sp³-hybridized carbons (Fsp3) is 0.400. The summed E-state index contributed by atoms with van der Waals surface area (Å²) in [5, 5.41) is 8.49. The molecule has 0 saturated carbocycles. The van der Waals surface area contributed by atoms with Crippen molar-refractivity contribution in [1.82, 2.24) is 4.98 Å². The summed E-state index contributed by atoms with van der Waals surface area (Å²) in [6.07, 6.45) is 3.46. The van der Waals surface area contributed by atoms with Crippen LogP contribution in [0.1, 0.15) is 12.5 Å². The zero-order chi connectivity index (χ0) is 9.52. The molecule has 1 atom stereocenters. The fourth-order valence-electron chi connectivity index (χ4n) is 0.870. The highest BCUT2D eigenvalue weighted by Crippen LogP contribution is 2.00. The molecule has 68 valence electrons. The van der Waals surface area contributed by atoms with E-state index in [-0.39, 0.29) is 5.92 Å². The van der Waals surface area contributed by atoms with E-state index in [2.05, 4.69) is 11.1 Å². The number of hydrogen-bond acceptors (Lipinski definition) is 3. The molecule has 0 amide bonds. The number of hydrogen-bond donors (Lipinski definition) is 0. The van der Waals surface area contributed by atoms with E-state index in [0.29, 0.717) is 13.2 Å². The molecule has 0 N–H and O–H groups in total. The van der Waals surface area contributed by atoms with Gasteiger partial charge in [-0.3, -0.25) is 4.98 Å². The Bertz CT molecular complexity index is 279. The van der Waals surface area contributed by atoms with Gasteiger partial charge >= 0.3 is 0 Å². The molecular weight excluding hydrogens is 164 g/mol. The van der Waals surface area contributed by atoms with Crippen molar-refractivity contribution in [3.8, 4) is 6.07 Å². The largest absolute Gasteiger partial charge is 0.375 e. The molecule has 1 aromatic rings. The minimum absolute atomic E-state index is 0.0400. The lowest BCUT2D eigenvalue weighted by Gasteiger charge is -2.04. The lowest BCUT2D eigenvalue weighted by molar-refractivity contribution is 0.105. The van der Waals surface area contributed by atoms with Gasteiger partial charge in [0, 0.05) is 12.4 Å². The van der Waals surface area contributed by atoms with Crippen LogP contribution in [0.3, 0.4) is 0 Å². The van der Waals surface area contributed by atoms with Crippen LogP contribution in [0.5, 0.6) is 0 Å². The molecule has 1 heterocycles. The summed E-state index contributed by atoms with van der Waals surface area (Å²) in [5.41, 5.74) is 1.08. The van der Waals surface area contributed by atoms with Gasteiger partial charge < -0.3 is 4.74 Å². The van der Waals surface area contributed by atoms with Crippen molar-refractivity contribution in [3.05, 3.63) is 30.1 Å². The lowest BCUT2D eigenvalue weighted by Crippen LogP contribution is -2.03. The Hall–Kier alpha value is -1.40. The van der Waals surface area contributed by atoms with Crippen LogP contribution in [0.4, 0.5) is 0 Å². The van der Waals surface area contributed by atoms with Gasteiger partial charge in [0.05, 0.1) is 25.2 Å². The Balaban J connectivity index is 2.25. The van der Waals surface area contributed by atoms with E-state index in [1.807, 2.05) is 19.1 Å². The first-order valence-corrected chi connectivity index (χ1v) is 4.19. The molecule has 3 heteroatoms. The molecule has 3 nitrogen and oxygen atoms in total. The Labute approximate surface area is 78.0 Å². The summed E-state index contributed by atoms with van der Waals surface area (Å²) in [5.74, 6) is -0.0400. The lowest BCUT2D eigenvalue weighted by atomic mass is 10.2. The van der Waals surface area contributed by atoms with E-state index >= 15 is 0 Å². The van der Waals surface area contributed by atoms with Gasteiger partial charge in [0.2, 0.25) is 0 Å². The third-order valence-corrected chi connectivity index (χ3v) is 1.61. The van der Waals surface area contributed by atoms with Gasteiger partial charge in [0.15, 0.2) is 0 Å². The highest BCUT2D eigenvalue weighted by atomic mass is 16.5. The smallest absolute Gasteiger partial charge is 0.0718 e. The molecule has 1 rings (SSSR count). The molecule has 0 bridgehead atoms. The second-order valence-electron chi connectivity index (χ2n) is 2.90. The average Bonchev–Trinajstić information content (AvgIpc) is 2.19. The molecule has 0 saturated heterocycles. The Morgan fingerprint density at radius 1 is 1.54 bits per heavy atom. The molecule has 0 aromatic carbocycles. The highest BCUT2D eigenvalue weighted by molar-refractivity contribution is 5.07. The quantitative estimate of drug-likeness (QED) is 0.702. The average molecular weight is 176 g/mol. The Kier molecular flexibility index (Phi) is 3.94. The summed E-state index contributed by atoms with van der Waals surface area (Å²) in [6.45, 7) is 2.87. The minimum atomic E-state index is -0.0400. The normalized spacial score (nSPS) is 12.0. The van der Waals surface area contributed by atoms with Gasteiger partial charge in [-0.25, -0.2) is 0 Å². The van der Waals surface area contributed by atoms with Crippen LogP contribution in [0, 0.1) is 17.2 Å². The van der Waals surface area contributed by atoms with Crippen LogP contribution in [0.15, 0.2) is 24.5 Å². The Morgan fingerprint density at radius 3 is 2.85 bits per heavy atom. The van der Waals surface area contributed by atoms with Crippen LogP contribution in [-0.2, 0) is 11.3 Å². The van der Waals surface area contributed by atoms with Crippen LogP contribution in [-0.4, -0.2) is 11.6 Å². The molecule has 0 radical (unpaired) electrons. The van der Waals surface area contributed by atoms with E-state index in [9.17, 15) is 0 Å². The topological polar surface area (TPSA) is 45.9 Å². The monoisotopic (exact) mass is 176 g/mol. The minimum Gasteiger partial charge on any atom is -0.375 e. The van der Waals surface area contributed by atoms with E-state index in [1.54, 1.807) is 12.4 Å². The summed E-state index contributed by atoms with van der Waals surface area (Å²) in [7, 11) is 0. The van der Waals surface area contributed by atoms with Crippen molar-refractivity contribution in [1.29, 1.82) is 5.26 Å². The second-order valence-corrected chi connectivity index (χ2v) is 2.90. The highest BCUT2D eigenvalue weighted by Gasteiger charge is 1.98. The number of nitriles is 1. The van der Waals surface area contributed by atoms with Crippen molar-refractivity contribution in [2.45, 2.75) is 13.5 Å². The summed E-state index contributed by atoms with van der Waals surface area (Å²) in [6, 6.07) is 5.91. The molecule has 0 aliphatic carbocycles. The van der Waals surface area contributed by atoms with Gasteiger partial charge in [0.1, 0.15) is 0 Å². The standard InChI is InChI=1S/C10H12N2O/c1-9(6-11)7-13-8-10-2-4-12-5-3-10/h2-5,9H,7-8H2,1H3. The van der Waals surface area contributed by atoms with Crippen molar-refractivity contribution < 1.29 is 4.74 Å². The summed E-state index contributed by atoms with van der Waals surface area (Å²) < 4.78 is 5.32. The summed E-state index contributed by atoms with van der Waals surface area (Å²) >= 11 is 0. The van der Waals surface area contributed by atoms with E-state index in [1.165, 1.54) is 0 Å². The van der Waals surface area contributed by atoms with Gasteiger partial charge in [0.25, 0.3) is 0 Å². The van der Waals surface area contributed by atoms with E-state index in [0.717, 1.165) is 5.56 Å². The molecule has 13 heavy (non-hydrogen) atoms. The molecule has 0 aliphatic heterocycles. The van der Waals surface area contributed by atoms with Crippen molar-refractivity contribution in [2.75, 3.05) is 6.61 Å². The number of pyridine rings is 1. The SMILES string of the molecule is CC(C#N)COCc1ccncc1. The molecular formula is C10H12N2O. The molecule has 0 spiro atoms. The first-order valence-electron chi connectivity index (χ1n) is 4.19. The maximum atomic E-state index is 8.49. The van der Waals surface area contributed by atoms with Gasteiger partial charge in [-0.2, -0.15) is 5.26 Å². The zero-order valence-corrected chi connectivity index (χ0v) is 7.60. The van der Waals surface area contributed by atoms with Gasteiger partial charge in [-0.15, -0.1) is 0 Å². The number of ether oxygens (including phenoxy) is 1. The number of nitrogens with zero attached hydrogens (tertiary/aromatic N) is 2. The van der Waals surface area contributed by atoms with Crippen LogP contribution in [0.2, 0.25) is 0 Å². The Morgan fingerprint density at radius 2 is 2.23 bits per heavy atom. The van der Waals surface area contributed by atoms with Gasteiger partial charge in [-0.1, -0.05) is 0 Å². The molecule has 0 fully saturated rings. The summed E-state index contributed by atoms with van der Waals surface area (Å²) in [4.78, 5) is 3.90. The van der Waals surface area contributed by atoms with E-state index < -0.39 is 0 Å². The van der Waals surface area contributed by atoms with Crippen molar-refractivity contribution >= 4 is 0 Å². The second kappa shape index (κ2) is 5.28. The number of rotatable bonds is 4. The third kappa shape index (κ3) is 3.68. The van der Waals surface area contributed by atoms with E-state index in [4.69, 9.17) is 10.00 Å². The maximum absolute atomic E-state index is 8.49.